The maximum Gasteiger partial charge on any atom is 0.264 e. The number of aryl methyl sites for hydroxylation is 2. The summed E-state index contributed by atoms with van der Waals surface area (Å²) in [4.78, 5) is 14.7. The normalized spacial score (nSPS) is 21.0. The smallest absolute Gasteiger partial charge is 0.264 e. The molecule has 0 aromatic heterocycles. The van der Waals surface area contributed by atoms with Crippen LogP contribution in [0.3, 0.4) is 0 Å². The minimum Gasteiger partial charge on any atom is -0.393 e. The van der Waals surface area contributed by atoms with E-state index in [9.17, 15) is 15.0 Å². The molecule has 0 radical (unpaired) electrons. The van der Waals surface area contributed by atoms with Crippen LogP contribution in [0.5, 0.6) is 0 Å². The van der Waals surface area contributed by atoms with E-state index in [2.05, 4.69) is 0 Å². The van der Waals surface area contributed by atoms with Crippen LogP contribution in [-0.2, 0) is 16.9 Å². The Morgan fingerprint density at radius 1 is 1.17 bits per heavy atom. The van der Waals surface area contributed by atoms with Gasteiger partial charge in [-0.2, -0.15) is 0 Å². The van der Waals surface area contributed by atoms with Gasteiger partial charge in [-0.05, 0) is 31.9 Å². The van der Waals surface area contributed by atoms with Gasteiger partial charge in [0.1, 0.15) is 0 Å². The molecule has 0 saturated heterocycles. The number of anilines is 1. The Kier molecular flexibility index (Phi) is 4.20. The van der Waals surface area contributed by atoms with Crippen LogP contribution in [-0.4, -0.2) is 22.2 Å². The number of carbonyl (C=O) groups excluding carboxylic acids is 1. The number of amides is 1. The predicted octanol–water partition coefficient (Wildman–Crippen LogP) is 2.81. The molecule has 2 N–H and O–H groups in total. The standard InChI is InChI=1S/C20H23NO3/c1-13-9-14(2)18-17(10-13)20(24,11-15(3)22)19(23)21(18)12-16-7-5-4-6-8-16/h4-10,15,22,24H,11-12H2,1-3H3/t15-,20-/m0/s1. The van der Waals surface area contributed by atoms with Gasteiger partial charge in [0.15, 0.2) is 5.60 Å². The Balaban J connectivity index is 2.11. The fourth-order valence-corrected chi connectivity index (χ4v) is 3.62. The number of fused-ring (bicyclic) bond motifs is 1. The third-order valence-corrected chi connectivity index (χ3v) is 4.53. The Morgan fingerprint density at radius 3 is 2.46 bits per heavy atom. The van der Waals surface area contributed by atoms with Crippen LogP contribution in [0, 0.1) is 13.8 Å². The molecule has 1 heterocycles. The van der Waals surface area contributed by atoms with Crippen LogP contribution < -0.4 is 4.90 Å². The third-order valence-electron chi connectivity index (χ3n) is 4.53. The van der Waals surface area contributed by atoms with Crippen LogP contribution in [0.1, 0.15) is 35.6 Å². The van der Waals surface area contributed by atoms with Gasteiger partial charge >= 0.3 is 0 Å². The van der Waals surface area contributed by atoms with Gasteiger partial charge < -0.3 is 15.1 Å². The number of aliphatic hydroxyl groups is 2. The first-order valence-corrected chi connectivity index (χ1v) is 8.21. The largest absolute Gasteiger partial charge is 0.393 e. The van der Waals surface area contributed by atoms with Crippen LogP contribution in [0.15, 0.2) is 42.5 Å². The summed E-state index contributed by atoms with van der Waals surface area (Å²) in [5.74, 6) is -0.365. The molecule has 2 aromatic carbocycles. The molecule has 0 spiro atoms. The molecule has 0 bridgehead atoms. The van der Waals surface area contributed by atoms with Crippen molar-refractivity contribution in [1.82, 2.24) is 0 Å². The second kappa shape index (κ2) is 6.04. The lowest BCUT2D eigenvalue weighted by molar-refractivity contribution is -0.139. The minimum atomic E-state index is -1.67. The first-order chi connectivity index (χ1) is 11.3. The van der Waals surface area contributed by atoms with Gasteiger partial charge in [0, 0.05) is 12.0 Å². The molecule has 0 saturated carbocycles. The first kappa shape index (κ1) is 16.7. The van der Waals surface area contributed by atoms with E-state index in [1.165, 1.54) is 0 Å². The van der Waals surface area contributed by atoms with Crippen molar-refractivity contribution in [3.05, 3.63) is 64.7 Å². The zero-order chi connectivity index (χ0) is 17.5. The highest BCUT2D eigenvalue weighted by molar-refractivity contribution is 6.07. The number of nitrogens with zero attached hydrogens (tertiary/aromatic N) is 1. The molecule has 3 rings (SSSR count). The van der Waals surface area contributed by atoms with E-state index >= 15 is 0 Å². The molecule has 1 aliphatic heterocycles. The van der Waals surface area contributed by atoms with Gasteiger partial charge in [-0.3, -0.25) is 4.79 Å². The molecule has 0 unspecified atom stereocenters. The van der Waals surface area contributed by atoms with E-state index in [4.69, 9.17) is 0 Å². The number of hydrogen-bond donors (Lipinski definition) is 2. The molecule has 4 heteroatoms. The van der Waals surface area contributed by atoms with Crippen molar-refractivity contribution in [2.75, 3.05) is 4.90 Å². The third kappa shape index (κ3) is 2.72. The Labute approximate surface area is 142 Å². The zero-order valence-electron chi connectivity index (χ0n) is 14.3. The average Bonchev–Trinajstić information content (AvgIpc) is 2.70. The van der Waals surface area contributed by atoms with Gasteiger partial charge in [0.2, 0.25) is 0 Å². The number of aliphatic hydroxyl groups excluding tert-OH is 1. The maximum absolute atomic E-state index is 13.1. The van der Waals surface area contributed by atoms with E-state index in [1.54, 1.807) is 11.8 Å². The number of rotatable bonds is 4. The van der Waals surface area contributed by atoms with Crippen molar-refractivity contribution in [2.24, 2.45) is 0 Å². The lowest BCUT2D eigenvalue weighted by Crippen LogP contribution is -2.42. The summed E-state index contributed by atoms with van der Waals surface area (Å²) in [7, 11) is 0. The first-order valence-electron chi connectivity index (χ1n) is 8.21. The van der Waals surface area contributed by atoms with Crippen LogP contribution >= 0.6 is 0 Å². The van der Waals surface area contributed by atoms with Gasteiger partial charge in [-0.15, -0.1) is 0 Å². The Hall–Kier alpha value is -2.17. The van der Waals surface area contributed by atoms with Gasteiger partial charge in [-0.1, -0.05) is 48.0 Å². The highest BCUT2D eigenvalue weighted by Gasteiger charge is 2.50. The molecule has 2 aromatic rings. The van der Waals surface area contributed by atoms with Crippen molar-refractivity contribution in [3.8, 4) is 0 Å². The molecule has 2 atom stereocenters. The summed E-state index contributed by atoms with van der Waals surface area (Å²) >= 11 is 0. The maximum atomic E-state index is 13.1. The van der Waals surface area contributed by atoms with Crippen molar-refractivity contribution < 1.29 is 15.0 Å². The van der Waals surface area contributed by atoms with Crippen molar-refractivity contribution in [1.29, 1.82) is 0 Å². The molecule has 126 valence electrons. The second-order valence-electron chi connectivity index (χ2n) is 6.77. The lowest BCUT2D eigenvalue weighted by Gasteiger charge is -2.24. The highest BCUT2D eigenvalue weighted by Crippen LogP contribution is 2.45. The predicted molar refractivity (Wildman–Crippen MR) is 93.7 cm³/mol. The SMILES string of the molecule is Cc1cc(C)c2c(c1)[C@@](O)(C[C@H](C)O)C(=O)N2Cc1ccccc1. The van der Waals surface area contributed by atoms with Crippen LogP contribution in [0.4, 0.5) is 5.69 Å². The van der Waals surface area contributed by atoms with E-state index in [0.29, 0.717) is 12.1 Å². The molecule has 4 nitrogen and oxygen atoms in total. The summed E-state index contributed by atoms with van der Waals surface area (Å²) in [5.41, 5.74) is 2.63. The Bertz CT molecular complexity index is 770. The van der Waals surface area contributed by atoms with E-state index in [0.717, 1.165) is 22.4 Å². The average molecular weight is 325 g/mol. The number of hydrogen-bond acceptors (Lipinski definition) is 3. The molecular formula is C20H23NO3. The highest BCUT2D eigenvalue weighted by atomic mass is 16.3. The van der Waals surface area contributed by atoms with Crippen LogP contribution in [0.25, 0.3) is 0 Å². The number of carbonyl (C=O) groups is 1. The topological polar surface area (TPSA) is 60.8 Å². The van der Waals surface area contributed by atoms with Gasteiger partial charge in [0.25, 0.3) is 5.91 Å². The summed E-state index contributed by atoms with van der Waals surface area (Å²) in [6.07, 6.45) is -0.781. The molecule has 1 aliphatic rings. The van der Waals surface area contributed by atoms with Gasteiger partial charge in [-0.25, -0.2) is 0 Å². The Morgan fingerprint density at radius 2 is 1.83 bits per heavy atom. The second-order valence-corrected chi connectivity index (χ2v) is 6.77. The van der Waals surface area contributed by atoms with Gasteiger partial charge in [0.05, 0.1) is 18.3 Å². The summed E-state index contributed by atoms with van der Waals surface area (Å²) in [6, 6.07) is 13.6. The van der Waals surface area contributed by atoms with E-state index < -0.39 is 11.7 Å². The van der Waals surface area contributed by atoms with Crippen molar-refractivity contribution >= 4 is 11.6 Å². The molecular weight excluding hydrogens is 302 g/mol. The lowest BCUT2D eigenvalue weighted by atomic mass is 9.88. The summed E-state index contributed by atoms with van der Waals surface area (Å²) in [6.45, 7) is 5.89. The summed E-state index contributed by atoms with van der Waals surface area (Å²) < 4.78 is 0. The minimum absolute atomic E-state index is 0.00693. The summed E-state index contributed by atoms with van der Waals surface area (Å²) in [5, 5.41) is 20.9. The van der Waals surface area contributed by atoms with Crippen molar-refractivity contribution in [2.45, 2.75) is 45.4 Å². The fraction of sp³-hybridized carbons (Fsp3) is 0.350. The fourth-order valence-electron chi connectivity index (χ4n) is 3.62. The van der Waals surface area contributed by atoms with E-state index in [1.807, 2.05) is 56.3 Å². The van der Waals surface area contributed by atoms with Crippen molar-refractivity contribution in [3.63, 3.8) is 0 Å². The number of benzene rings is 2. The van der Waals surface area contributed by atoms with E-state index in [-0.39, 0.29) is 12.3 Å². The molecule has 0 fully saturated rings. The monoisotopic (exact) mass is 325 g/mol. The quantitative estimate of drug-likeness (QED) is 0.909. The molecule has 1 amide bonds. The zero-order valence-corrected chi connectivity index (χ0v) is 14.3. The molecule has 24 heavy (non-hydrogen) atoms. The molecule has 0 aliphatic carbocycles. The van der Waals surface area contributed by atoms with Crippen LogP contribution in [0.2, 0.25) is 0 Å².